The number of benzene rings is 1. The molecule has 1 amide bonds. The Morgan fingerprint density at radius 2 is 1.93 bits per heavy atom. The Hall–Kier alpha value is -2.56. The van der Waals surface area contributed by atoms with Crippen molar-refractivity contribution in [1.82, 2.24) is 5.32 Å². The van der Waals surface area contributed by atoms with Gasteiger partial charge in [-0.05, 0) is 43.2 Å². The van der Waals surface area contributed by atoms with Gasteiger partial charge in [-0.2, -0.15) is 0 Å². The van der Waals surface area contributed by atoms with Gasteiger partial charge in [0.05, 0.1) is 6.26 Å². The Balaban J connectivity index is 1.75. The summed E-state index contributed by atoms with van der Waals surface area (Å²) < 4.78 is 11.3. The van der Waals surface area contributed by atoms with Crippen LogP contribution in [0.2, 0.25) is 0 Å². The molecular weight excluding hydrogens is 342 g/mol. The molecule has 0 spiro atoms. The Kier molecular flexibility index (Phi) is 4.13. The van der Waals surface area contributed by atoms with Gasteiger partial charge in [0.15, 0.2) is 0 Å². The Labute approximate surface area is 157 Å². The van der Waals surface area contributed by atoms with Gasteiger partial charge in [-0.25, -0.2) is 4.79 Å². The second kappa shape index (κ2) is 6.25. The molecule has 0 saturated heterocycles. The van der Waals surface area contributed by atoms with Crippen LogP contribution >= 0.6 is 0 Å². The standard InChI is InChI=1S/C22H25NO4/c1-12-14(7-8-20(24)23-13-5-6-13)21(25)27-19-10-18-16(9-15(12)19)17(11-26-18)22(2,3)4/h9-11,13H,5-8H2,1-4H3,(H,23,24). The van der Waals surface area contributed by atoms with Crippen LogP contribution in [0.15, 0.2) is 32.0 Å². The summed E-state index contributed by atoms with van der Waals surface area (Å²) >= 11 is 0. The zero-order valence-electron chi connectivity index (χ0n) is 16.3. The topological polar surface area (TPSA) is 72.5 Å². The third-order valence-electron chi connectivity index (χ3n) is 5.33. The number of aryl methyl sites for hydroxylation is 1. The summed E-state index contributed by atoms with van der Waals surface area (Å²) in [5.41, 5.74) is 3.39. The second-order valence-corrected chi connectivity index (χ2v) is 8.58. The molecule has 0 bridgehead atoms. The van der Waals surface area contributed by atoms with E-state index in [0.29, 0.717) is 35.6 Å². The van der Waals surface area contributed by atoms with Crippen molar-refractivity contribution in [3.05, 3.63) is 45.5 Å². The number of carbonyl (C=O) groups is 1. The minimum atomic E-state index is -0.374. The molecule has 27 heavy (non-hydrogen) atoms. The van der Waals surface area contributed by atoms with Gasteiger partial charge in [0, 0.05) is 40.4 Å². The van der Waals surface area contributed by atoms with Crippen molar-refractivity contribution in [3.63, 3.8) is 0 Å². The van der Waals surface area contributed by atoms with Crippen LogP contribution in [0.25, 0.3) is 21.9 Å². The summed E-state index contributed by atoms with van der Waals surface area (Å²) in [6.45, 7) is 8.35. The number of hydrogen-bond donors (Lipinski definition) is 1. The molecule has 2 heterocycles. The number of rotatable bonds is 4. The smallest absolute Gasteiger partial charge is 0.339 e. The lowest BCUT2D eigenvalue weighted by molar-refractivity contribution is -0.121. The van der Waals surface area contributed by atoms with Crippen molar-refractivity contribution >= 4 is 27.8 Å². The maximum Gasteiger partial charge on any atom is 0.339 e. The van der Waals surface area contributed by atoms with Crippen molar-refractivity contribution in [3.8, 4) is 0 Å². The third kappa shape index (κ3) is 3.38. The highest BCUT2D eigenvalue weighted by atomic mass is 16.4. The first-order valence-corrected chi connectivity index (χ1v) is 9.51. The van der Waals surface area contributed by atoms with Crippen molar-refractivity contribution in [2.75, 3.05) is 0 Å². The molecule has 2 aromatic heterocycles. The zero-order chi connectivity index (χ0) is 19.3. The van der Waals surface area contributed by atoms with Crippen LogP contribution in [-0.4, -0.2) is 11.9 Å². The molecule has 0 unspecified atom stereocenters. The number of fused-ring (bicyclic) bond motifs is 2. The predicted octanol–water partition coefficient (Wildman–Crippen LogP) is 4.36. The normalized spacial score (nSPS) is 14.8. The highest BCUT2D eigenvalue weighted by Gasteiger charge is 2.24. The van der Waals surface area contributed by atoms with E-state index in [9.17, 15) is 9.59 Å². The molecule has 4 rings (SSSR count). The van der Waals surface area contributed by atoms with Crippen LogP contribution in [0.3, 0.4) is 0 Å². The Morgan fingerprint density at radius 1 is 1.19 bits per heavy atom. The molecule has 1 N–H and O–H groups in total. The highest BCUT2D eigenvalue weighted by Crippen LogP contribution is 2.35. The molecule has 0 aliphatic heterocycles. The molecule has 3 aromatic rings. The molecule has 1 aliphatic carbocycles. The number of hydrogen-bond acceptors (Lipinski definition) is 4. The van der Waals surface area contributed by atoms with E-state index in [1.54, 1.807) is 12.3 Å². The number of nitrogens with one attached hydrogen (secondary N) is 1. The molecule has 1 aromatic carbocycles. The predicted molar refractivity (Wildman–Crippen MR) is 105 cm³/mol. The largest absolute Gasteiger partial charge is 0.464 e. The lowest BCUT2D eigenvalue weighted by Gasteiger charge is -2.16. The lowest BCUT2D eigenvalue weighted by atomic mass is 9.86. The number of amides is 1. The van der Waals surface area contributed by atoms with E-state index in [1.807, 2.05) is 13.0 Å². The fraction of sp³-hybridized carbons (Fsp3) is 0.455. The van der Waals surface area contributed by atoms with E-state index in [1.165, 1.54) is 0 Å². The van der Waals surface area contributed by atoms with Crippen molar-refractivity contribution in [2.24, 2.45) is 0 Å². The van der Waals surface area contributed by atoms with E-state index in [2.05, 4.69) is 26.1 Å². The van der Waals surface area contributed by atoms with E-state index >= 15 is 0 Å². The Morgan fingerprint density at radius 3 is 2.59 bits per heavy atom. The monoisotopic (exact) mass is 367 g/mol. The van der Waals surface area contributed by atoms with Gasteiger partial charge in [-0.1, -0.05) is 20.8 Å². The van der Waals surface area contributed by atoms with Gasteiger partial charge in [0.2, 0.25) is 5.91 Å². The molecule has 5 heteroatoms. The molecule has 0 radical (unpaired) electrons. The van der Waals surface area contributed by atoms with Crippen LogP contribution in [0.5, 0.6) is 0 Å². The zero-order valence-corrected chi connectivity index (χ0v) is 16.3. The maximum absolute atomic E-state index is 12.5. The maximum atomic E-state index is 12.5. The van der Waals surface area contributed by atoms with Crippen LogP contribution < -0.4 is 10.9 Å². The first-order valence-electron chi connectivity index (χ1n) is 9.51. The van der Waals surface area contributed by atoms with Crippen molar-refractivity contribution < 1.29 is 13.6 Å². The van der Waals surface area contributed by atoms with Crippen molar-refractivity contribution in [1.29, 1.82) is 0 Å². The van der Waals surface area contributed by atoms with E-state index < -0.39 is 0 Å². The van der Waals surface area contributed by atoms with E-state index in [4.69, 9.17) is 8.83 Å². The molecule has 5 nitrogen and oxygen atoms in total. The first-order chi connectivity index (χ1) is 12.7. The number of furan rings is 1. The van der Waals surface area contributed by atoms with Gasteiger partial charge >= 0.3 is 5.63 Å². The lowest BCUT2D eigenvalue weighted by Crippen LogP contribution is -2.26. The quantitative estimate of drug-likeness (QED) is 0.696. The number of carbonyl (C=O) groups excluding carboxylic acids is 1. The van der Waals surface area contributed by atoms with Gasteiger partial charge in [-0.15, -0.1) is 0 Å². The van der Waals surface area contributed by atoms with E-state index in [-0.39, 0.29) is 16.9 Å². The summed E-state index contributed by atoms with van der Waals surface area (Å²) in [6.07, 6.45) is 4.58. The SMILES string of the molecule is Cc1c(CCC(=O)NC2CC2)c(=O)oc2cc3occ(C(C)(C)C)c3cc12. The first kappa shape index (κ1) is 17.8. The molecular formula is C22H25NO4. The van der Waals surface area contributed by atoms with Crippen LogP contribution in [0.4, 0.5) is 0 Å². The summed E-state index contributed by atoms with van der Waals surface area (Å²) in [5, 5.41) is 4.89. The molecule has 1 saturated carbocycles. The van der Waals surface area contributed by atoms with E-state index in [0.717, 1.165) is 34.7 Å². The summed E-state index contributed by atoms with van der Waals surface area (Å²) in [4.78, 5) is 24.5. The summed E-state index contributed by atoms with van der Waals surface area (Å²) in [6, 6.07) is 4.16. The van der Waals surface area contributed by atoms with Crippen LogP contribution in [0, 0.1) is 6.92 Å². The molecule has 1 fully saturated rings. The highest BCUT2D eigenvalue weighted by molar-refractivity contribution is 5.96. The average molecular weight is 367 g/mol. The van der Waals surface area contributed by atoms with Crippen molar-refractivity contribution in [2.45, 2.75) is 64.8 Å². The van der Waals surface area contributed by atoms with Gasteiger partial charge in [-0.3, -0.25) is 4.79 Å². The minimum Gasteiger partial charge on any atom is -0.464 e. The van der Waals surface area contributed by atoms with Crippen LogP contribution in [0.1, 0.15) is 56.7 Å². The van der Waals surface area contributed by atoms with Gasteiger partial charge in [0.1, 0.15) is 11.2 Å². The van der Waals surface area contributed by atoms with Gasteiger partial charge < -0.3 is 14.2 Å². The van der Waals surface area contributed by atoms with Gasteiger partial charge in [0.25, 0.3) is 0 Å². The molecule has 0 atom stereocenters. The summed E-state index contributed by atoms with van der Waals surface area (Å²) in [7, 11) is 0. The second-order valence-electron chi connectivity index (χ2n) is 8.58. The third-order valence-corrected chi connectivity index (χ3v) is 5.33. The summed E-state index contributed by atoms with van der Waals surface area (Å²) in [5.74, 6) is -0.00305. The molecule has 142 valence electrons. The molecule has 1 aliphatic rings. The van der Waals surface area contributed by atoms with Crippen LogP contribution in [-0.2, 0) is 16.6 Å². The fourth-order valence-corrected chi connectivity index (χ4v) is 3.55. The average Bonchev–Trinajstić information content (AvgIpc) is 3.28. The fourth-order valence-electron chi connectivity index (χ4n) is 3.55. The minimum absolute atomic E-state index is 0.00305. The Bertz CT molecular complexity index is 1090.